The summed E-state index contributed by atoms with van der Waals surface area (Å²) in [4.78, 5) is 3.82. The van der Waals surface area contributed by atoms with Crippen LogP contribution in [0.1, 0.15) is 0 Å². The third-order valence-corrected chi connectivity index (χ3v) is 4.88. The third-order valence-electron chi connectivity index (χ3n) is 2.97. The second kappa shape index (κ2) is 6.09. The van der Waals surface area contributed by atoms with Crippen LogP contribution in [0.2, 0.25) is 0 Å². The third kappa shape index (κ3) is 3.25. The van der Waals surface area contributed by atoms with Gasteiger partial charge in [0.1, 0.15) is 10.7 Å². The van der Waals surface area contributed by atoms with Crippen molar-refractivity contribution in [2.24, 2.45) is 0 Å². The number of rotatable bonds is 4. The molecule has 1 aromatic carbocycles. The van der Waals surface area contributed by atoms with Gasteiger partial charge < -0.3 is 0 Å². The van der Waals surface area contributed by atoms with Gasteiger partial charge in [-0.05, 0) is 52.3 Å². The molecule has 118 valence electrons. The Hall–Kier alpha value is -2.26. The Balaban J connectivity index is 2.01. The maximum Gasteiger partial charge on any atom is 0.264 e. The highest BCUT2D eigenvalue weighted by Gasteiger charge is 2.20. The molecule has 0 bridgehead atoms. The number of anilines is 1. The lowest BCUT2D eigenvalue weighted by Crippen LogP contribution is -2.16. The van der Waals surface area contributed by atoms with E-state index in [4.69, 9.17) is 0 Å². The van der Waals surface area contributed by atoms with Crippen molar-refractivity contribution in [3.8, 4) is 5.69 Å². The van der Waals surface area contributed by atoms with E-state index in [0.29, 0.717) is 10.2 Å². The fourth-order valence-electron chi connectivity index (χ4n) is 1.89. The highest BCUT2D eigenvalue weighted by molar-refractivity contribution is 9.10. The van der Waals surface area contributed by atoms with Crippen LogP contribution in [0.25, 0.3) is 5.69 Å². The largest absolute Gasteiger partial charge is 0.264 e. The van der Waals surface area contributed by atoms with Crippen LogP contribution >= 0.6 is 15.9 Å². The predicted octanol–water partition coefficient (Wildman–Crippen LogP) is 2.97. The van der Waals surface area contributed by atoms with Crippen LogP contribution in [0.4, 0.5) is 10.2 Å². The average Bonchev–Trinajstić information content (AvgIpc) is 2.90. The summed E-state index contributed by atoms with van der Waals surface area (Å²) in [5.41, 5.74) is 0.515. The molecule has 23 heavy (non-hydrogen) atoms. The summed E-state index contributed by atoms with van der Waals surface area (Å²) in [6.07, 6.45) is 4.18. The van der Waals surface area contributed by atoms with E-state index < -0.39 is 15.8 Å². The van der Waals surface area contributed by atoms with Gasteiger partial charge in [-0.1, -0.05) is 0 Å². The summed E-state index contributed by atoms with van der Waals surface area (Å²) in [6, 6.07) is 8.49. The molecular weight excluding hydrogens is 387 g/mol. The van der Waals surface area contributed by atoms with E-state index in [9.17, 15) is 12.8 Å². The Labute approximate surface area is 140 Å². The number of halogens is 2. The maximum absolute atomic E-state index is 13.0. The minimum atomic E-state index is -3.82. The summed E-state index contributed by atoms with van der Waals surface area (Å²) < 4.78 is 42.1. The van der Waals surface area contributed by atoms with Gasteiger partial charge in [0.15, 0.2) is 5.82 Å². The SMILES string of the molecule is O=S(=O)(Nc1c(Br)cnn1-c1ccc(F)cc1)c1cccnc1. The zero-order valence-electron chi connectivity index (χ0n) is 11.5. The Morgan fingerprint density at radius 3 is 2.52 bits per heavy atom. The quantitative estimate of drug-likeness (QED) is 0.735. The molecule has 0 fully saturated rings. The molecule has 0 radical (unpaired) electrons. The number of hydrogen-bond donors (Lipinski definition) is 1. The molecule has 2 aromatic heterocycles. The summed E-state index contributed by atoms with van der Waals surface area (Å²) in [5, 5.41) is 4.10. The number of sulfonamides is 1. The second-order valence-electron chi connectivity index (χ2n) is 4.52. The van der Waals surface area contributed by atoms with Crippen molar-refractivity contribution >= 4 is 31.8 Å². The first-order valence-corrected chi connectivity index (χ1v) is 8.67. The van der Waals surface area contributed by atoms with Crippen LogP contribution in [0.3, 0.4) is 0 Å². The number of aromatic nitrogens is 3. The number of hydrogen-bond acceptors (Lipinski definition) is 4. The van der Waals surface area contributed by atoms with E-state index in [1.807, 2.05) is 0 Å². The van der Waals surface area contributed by atoms with Crippen molar-refractivity contribution in [2.75, 3.05) is 4.72 Å². The fourth-order valence-corrected chi connectivity index (χ4v) is 3.41. The Kier molecular flexibility index (Phi) is 4.14. The average molecular weight is 397 g/mol. The van der Waals surface area contributed by atoms with Crippen molar-refractivity contribution in [1.29, 1.82) is 0 Å². The Bertz CT molecular complexity index is 927. The zero-order chi connectivity index (χ0) is 16.4. The van der Waals surface area contributed by atoms with E-state index in [1.165, 1.54) is 59.7 Å². The van der Waals surface area contributed by atoms with Gasteiger partial charge in [-0.15, -0.1) is 0 Å². The van der Waals surface area contributed by atoms with E-state index in [0.717, 1.165) is 0 Å². The van der Waals surface area contributed by atoms with Crippen LogP contribution in [0.15, 0.2) is 64.4 Å². The fraction of sp³-hybridized carbons (Fsp3) is 0. The smallest absolute Gasteiger partial charge is 0.263 e. The van der Waals surface area contributed by atoms with Crippen LogP contribution in [0.5, 0.6) is 0 Å². The molecule has 0 aliphatic carbocycles. The highest BCUT2D eigenvalue weighted by atomic mass is 79.9. The molecule has 0 atom stereocenters. The number of nitrogens with one attached hydrogen (secondary N) is 1. The van der Waals surface area contributed by atoms with Gasteiger partial charge >= 0.3 is 0 Å². The Morgan fingerprint density at radius 1 is 1.13 bits per heavy atom. The summed E-state index contributed by atoms with van der Waals surface area (Å²) in [5.74, 6) is -0.182. The van der Waals surface area contributed by atoms with Crippen molar-refractivity contribution in [1.82, 2.24) is 14.8 Å². The molecule has 0 spiro atoms. The molecule has 2 heterocycles. The normalized spacial score (nSPS) is 11.4. The van der Waals surface area contributed by atoms with Gasteiger partial charge in [-0.25, -0.2) is 17.5 Å². The zero-order valence-corrected chi connectivity index (χ0v) is 13.9. The van der Waals surface area contributed by atoms with E-state index in [1.54, 1.807) is 0 Å². The first-order valence-electron chi connectivity index (χ1n) is 6.40. The van der Waals surface area contributed by atoms with Gasteiger partial charge in [0.05, 0.1) is 16.4 Å². The summed E-state index contributed by atoms with van der Waals surface area (Å²) in [7, 11) is -3.82. The van der Waals surface area contributed by atoms with E-state index >= 15 is 0 Å². The monoisotopic (exact) mass is 396 g/mol. The van der Waals surface area contributed by atoms with Crippen LogP contribution in [-0.4, -0.2) is 23.2 Å². The van der Waals surface area contributed by atoms with Crippen LogP contribution < -0.4 is 4.72 Å². The Morgan fingerprint density at radius 2 is 1.87 bits per heavy atom. The second-order valence-corrected chi connectivity index (χ2v) is 7.06. The standard InChI is InChI=1S/C14H10BrFN4O2S/c15-13-9-18-20(11-5-3-10(16)4-6-11)14(13)19-23(21,22)12-2-1-7-17-8-12/h1-9,19H. The molecule has 0 amide bonds. The van der Waals surface area contributed by atoms with Crippen molar-refractivity contribution < 1.29 is 12.8 Å². The first-order chi connectivity index (χ1) is 11.0. The lowest BCUT2D eigenvalue weighted by molar-refractivity contribution is 0.600. The van der Waals surface area contributed by atoms with Gasteiger partial charge in [0.2, 0.25) is 0 Å². The minimum absolute atomic E-state index is 0.0266. The number of benzene rings is 1. The maximum atomic E-state index is 13.0. The van der Waals surface area contributed by atoms with E-state index in [2.05, 4.69) is 30.7 Å². The highest BCUT2D eigenvalue weighted by Crippen LogP contribution is 2.27. The van der Waals surface area contributed by atoms with Crippen molar-refractivity contribution in [3.63, 3.8) is 0 Å². The molecule has 0 saturated heterocycles. The summed E-state index contributed by atoms with van der Waals surface area (Å²) >= 11 is 3.25. The molecule has 0 saturated carbocycles. The molecule has 0 unspecified atom stereocenters. The molecule has 0 aliphatic rings. The van der Waals surface area contributed by atoms with Gasteiger partial charge in [-0.3, -0.25) is 9.71 Å². The predicted molar refractivity (Wildman–Crippen MR) is 86.3 cm³/mol. The molecule has 3 aromatic rings. The molecular formula is C14H10BrFN4O2S. The van der Waals surface area contributed by atoms with Gasteiger partial charge in [-0.2, -0.15) is 5.10 Å². The first kappa shape index (κ1) is 15.6. The van der Waals surface area contributed by atoms with Crippen LogP contribution in [-0.2, 0) is 10.0 Å². The minimum Gasteiger partial charge on any atom is -0.263 e. The molecule has 9 heteroatoms. The molecule has 6 nitrogen and oxygen atoms in total. The number of nitrogens with zero attached hydrogens (tertiary/aromatic N) is 3. The molecule has 3 rings (SSSR count). The summed E-state index contributed by atoms with van der Waals surface area (Å²) in [6.45, 7) is 0. The lowest BCUT2D eigenvalue weighted by atomic mass is 10.3. The van der Waals surface area contributed by atoms with Crippen molar-refractivity contribution in [3.05, 3.63) is 65.3 Å². The topological polar surface area (TPSA) is 76.9 Å². The van der Waals surface area contributed by atoms with Gasteiger partial charge in [0, 0.05) is 12.4 Å². The van der Waals surface area contributed by atoms with Crippen molar-refractivity contribution in [2.45, 2.75) is 4.90 Å². The van der Waals surface area contributed by atoms with E-state index in [-0.39, 0.29) is 10.7 Å². The van der Waals surface area contributed by atoms with Gasteiger partial charge in [0.25, 0.3) is 10.0 Å². The number of pyridine rings is 1. The molecule has 1 N–H and O–H groups in total. The van der Waals surface area contributed by atoms with Crippen LogP contribution in [0, 0.1) is 5.82 Å². The molecule has 0 aliphatic heterocycles. The lowest BCUT2D eigenvalue weighted by Gasteiger charge is -2.11.